The molecule has 5 nitrogen and oxygen atoms in total. The second-order valence-corrected chi connectivity index (χ2v) is 10.6. The van der Waals surface area contributed by atoms with Crippen LogP contribution in [0.25, 0.3) is 0 Å². The van der Waals surface area contributed by atoms with Crippen molar-refractivity contribution in [3.63, 3.8) is 0 Å². The Hall–Kier alpha value is -2.54. The molecule has 0 aliphatic rings. The molecule has 174 valence electrons. The lowest BCUT2D eigenvalue weighted by Crippen LogP contribution is -2.41. The lowest BCUT2D eigenvalue weighted by molar-refractivity contribution is -0.119. The van der Waals surface area contributed by atoms with Crippen LogP contribution in [0.1, 0.15) is 23.1 Å². The molecule has 0 heterocycles. The Labute approximate surface area is 205 Å². The molecule has 0 unspecified atom stereocenters. The fourth-order valence-electron chi connectivity index (χ4n) is 3.41. The highest BCUT2D eigenvalue weighted by atomic mass is 35.5. The molecule has 0 atom stereocenters. The summed E-state index contributed by atoms with van der Waals surface area (Å²) < 4.78 is 27.9. The largest absolute Gasteiger partial charge is 0.355 e. The number of carbonyl (C=O) groups is 1. The smallest absolute Gasteiger partial charge is 0.264 e. The second-order valence-electron chi connectivity index (χ2n) is 7.89. The third kappa shape index (κ3) is 6.97. The maximum Gasteiger partial charge on any atom is 0.264 e. The summed E-state index contributed by atoms with van der Waals surface area (Å²) in [5, 5.41) is 3.37. The van der Waals surface area contributed by atoms with Crippen molar-refractivity contribution in [1.29, 1.82) is 0 Å². The first-order chi connectivity index (χ1) is 15.6. The van der Waals surface area contributed by atoms with Gasteiger partial charge in [-0.05, 0) is 62.6 Å². The summed E-state index contributed by atoms with van der Waals surface area (Å²) in [5.74, 6) is -0.411. The van der Waals surface area contributed by atoms with Crippen LogP contribution >= 0.6 is 23.2 Å². The molecule has 0 fully saturated rings. The number of amides is 1. The zero-order valence-electron chi connectivity index (χ0n) is 18.5. The quantitative estimate of drug-likeness (QED) is 0.388. The number of anilines is 1. The zero-order valence-corrected chi connectivity index (χ0v) is 20.8. The van der Waals surface area contributed by atoms with Crippen LogP contribution in [-0.2, 0) is 21.2 Å². The maximum atomic E-state index is 13.4. The fraction of sp³-hybridized carbons (Fsp3) is 0.240. The van der Waals surface area contributed by atoms with Crippen LogP contribution in [0, 0.1) is 13.8 Å². The summed E-state index contributed by atoms with van der Waals surface area (Å²) in [7, 11) is -4.02. The van der Waals surface area contributed by atoms with Gasteiger partial charge in [0.15, 0.2) is 0 Å². The van der Waals surface area contributed by atoms with Gasteiger partial charge in [-0.1, -0.05) is 70.7 Å². The van der Waals surface area contributed by atoms with Crippen molar-refractivity contribution in [2.24, 2.45) is 0 Å². The second kappa shape index (κ2) is 11.1. The van der Waals surface area contributed by atoms with E-state index in [9.17, 15) is 13.2 Å². The van der Waals surface area contributed by atoms with Gasteiger partial charge in [-0.15, -0.1) is 0 Å². The number of aryl methyl sites for hydroxylation is 3. The fourth-order valence-corrected chi connectivity index (χ4v) is 5.33. The number of carbonyl (C=O) groups excluding carboxylic acids is 1. The molecular weight excluding hydrogens is 479 g/mol. The average molecular weight is 505 g/mol. The zero-order chi connectivity index (χ0) is 24.0. The van der Waals surface area contributed by atoms with Gasteiger partial charge < -0.3 is 5.32 Å². The van der Waals surface area contributed by atoms with Crippen molar-refractivity contribution in [2.75, 3.05) is 17.4 Å². The van der Waals surface area contributed by atoms with Gasteiger partial charge in [0.25, 0.3) is 10.0 Å². The molecule has 0 saturated heterocycles. The molecule has 33 heavy (non-hydrogen) atoms. The van der Waals surface area contributed by atoms with Crippen LogP contribution in [0.3, 0.4) is 0 Å². The molecule has 8 heteroatoms. The van der Waals surface area contributed by atoms with Crippen molar-refractivity contribution >= 4 is 44.8 Å². The predicted molar refractivity (Wildman–Crippen MR) is 135 cm³/mol. The summed E-state index contributed by atoms with van der Waals surface area (Å²) in [6.07, 6.45) is 1.56. The number of hydrogen-bond acceptors (Lipinski definition) is 3. The average Bonchev–Trinajstić information content (AvgIpc) is 2.74. The van der Waals surface area contributed by atoms with Crippen LogP contribution in [0.2, 0.25) is 10.0 Å². The number of rotatable bonds is 9. The Kier molecular flexibility index (Phi) is 8.40. The van der Waals surface area contributed by atoms with E-state index in [1.165, 1.54) is 41.5 Å². The minimum absolute atomic E-state index is 0.0800. The van der Waals surface area contributed by atoms with Crippen molar-refractivity contribution in [3.8, 4) is 0 Å². The van der Waals surface area contributed by atoms with E-state index >= 15 is 0 Å². The molecule has 0 aromatic heterocycles. The number of halogens is 2. The molecule has 1 amide bonds. The molecule has 0 radical (unpaired) electrons. The molecule has 3 aromatic carbocycles. The molecule has 0 aliphatic heterocycles. The van der Waals surface area contributed by atoms with E-state index < -0.39 is 22.5 Å². The van der Waals surface area contributed by atoms with Gasteiger partial charge in [0.05, 0.1) is 10.6 Å². The van der Waals surface area contributed by atoms with Crippen molar-refractivity contribution < 1.29 is 13.2 Å². The van der Waals surface area contributed by atoms with E-state index in [0.29, 0.717) is 6.54 Å². The molecule has 3 rings (SSSR count). The number of benzene rings is 3. The van der Waals surface area contributed by atoms with Gasteiger partial charge in [0, 0.05) is 16.6 Å². The normalized spacial score (nSPS) is 11.3. The minimum atomic E-state index is -4.02. The molecular formula is C25H26Cl2N2O3S. The third-order valence-corrected chi connectivity index (χ3v) is 7.30. The van der Waals surface area contributed by atoms with E-state index in [4.69, 9.17) is 23.2 Å². The van der Waals surface area contributed by atoms with E-state index in [0.717, 1.165) is 22.7 Å². The lowest BCUT2D eigenvalue weighted by atomic mass is 10.1. The van der Waals surface area contributed by atoms with Crippen molar-refractivity contribution in [3.05, 3.63) is 93.5 Å². The highest BCUT2D eigenvalue weighted by molar-refractivity contribution is 7.92. The summed E-state index contributed by atoms with van der Waals surface area (Å²) in [6.45, 7) is 3.95. The van der Waals surface area contributed by atoms with Gasteiger partial charge in [-0.2, -0.15) is 0 Å². The lowest BCUT2D eigenvalue weighted by Gasteiger charge is -2.24. The number of nitrogens with zero attached hydrogens (tertiary/aromatic N) is 1. The summed E-state index contributed by atoms with van der Waals surface area (Å²) in [4.78, 5) is 12.8. The molecule has 0 saturated carbocycles. The van der Waals surface area contributed by atoms with Crippen LogP contribution in [0.15, 0.2) is 71.6 Å². The van der Waals surface area contributed by atoms with Crippen LogP contribution in [0.4, 0.5) is 5.69 Å². The summed E-state index contributed by atoms with van der Waals surface area (Å²) in [6, 6.07) is 19.1. The Balaban J connectivity index is 1.75. The van der Waals surface area contributed by atoms with E-state index in [1.54, 1.807) is 12.1 Å². The number of hydrogen-bond donors (Lipinski definition) is 1. The first kappa shape index (κ1) is 25.1. The van der Waals surface area contributed by atoms with E-state index in [1.807, 2.05) is 32.0 Å². The van der Waals surface area contributed by atoms with Crippen molar-refractivity contribution in [1.82, 2.24) is 5.32 Å². The number of nitrogens with one attached hydrogen (secondary N) is 1. The SMILES string of the molecule is Cc1ccc(S(=O)(=O)N(CC(=O)NCCCc2cccc(C)c2)c2cc(Cl)cc(Cl)c2)cc1. The van der Waals surface area contributed by atoms with Gasteiger partial charge in [-0.25, -0.2) is 8.42 Å². The summed E-state index contributed by atoms with van der Waals surface area (Å²) >= 11 is 12.2. The highest BCUT2D eigenvalue weighted by Gasteiger charge is 2.27. The summed E-state index contributed by atoms with van der Waals surface area (Å²) in [5.41, 5.74) is 3.54. The Bertz CT molecular complexity index is 1210. The van der Waals surface area contributed by atoms with Crippen LogP contribution < -0.4 is 9.62 Å². The third-order valence-electron chi connectivity index (χ3n) is 5.08. The van der Waals surface area contributed by atoms with Gasteiger partial charge >= 0.3 is 0 Å². The molecule has 0 spiro atoms. The van der Waals surface area contributed by atoms with Gasteiger partial charge in [0.2, 0.25) is 5.91 Å². The Morgan fingerprint density at radius 2 is 1.58 bits per heavy atom. The van der Waals surface area contributed by atoms with E-state index in [2.05, 4.69) is 11.4 Å². The first-order valence-electron chi connectivity index (χ1n) is 10.5. The Morgan fingerprint density at radius 3 is 2.21 bits per heavy atom. The van der Waals surface area contributed by atoms with Gasteiger partial charge in [-0.3, -0.25) is 9.10 Å². The topological polar surface area (TPSA) is 66.5 Å². The molecule has 0 aliphatic carbocycles. The van der Waals surface area contributed by atoms with E-state index in [-0.39, 0.29) is 20.6 Å². The Morgan fingerprint density at radius 1 is 0.909 bits per heavy atom. The predicted octanol–water partition coefficient (Wildman–Crippen LogP) is 5.55. The molecule has 0 bridgehead atoms. The minimum Gasteiger partial charge on any atom is -0.355 e. The number of sulfonamides is 1. The molecule has 3 aromatic rings. The standard InChI is InChI=1S/C25H26Cl2N2O3S/c1-18-8-10-24(11-9-18)33(31,32)29(23-15-21(26)14-22(27)16-23)17-25(30)28-12-4-7-20-6-3-5-19(2)13-20/h3,5-6,8-11,13-16H,4,7,12,17H2,1-2H3,(H,28,30). The maximum absolute atomic E-state index is 13.4. The van der Waals surface area contributed by atoms with Gasteiger partial charge in [0.1, 0.15) is 6.54 Å². The van der Waals surface area contributed by atoms with Crippen LogP contribution in [-0.4, -0.2) is 27.4 Å². The molecule has 1 N–H and O–H groups in total. The highest BCUT2D eigenvalue weighted by Crippen LogP contribution is 2.29. The van der Waals surface area contributed by atoms with Crippen molar-refractivity contribution in [2.45, 2.75) is 31.6 Å². The monoisotopic (exact) mass is 504 g/mol. The van der Waals surface area contributed by atoms with Crippen LogP contribution in [0.5, 0.6) is 0 Å². The first-order valence-corrected chi connectivity index (χ1v) is 12.7.